The van der Waals surface area contributed by atoms with Crippen LogP contribution in [0.1, 0.15) is 19.3 Å². The molecule has 0 radical (unpaired) electrons. The molecule has 1 atom stereocenters. The summed E-state index contributed by atoms with van der Waals surface area (Å²) in [5.41, 5.74) is 5.34. The van der Waals surface area contributed by atoms with Crippen LogP contribution in [0.3, 0.4) is 0 Å². The molecule has 0 fully saturated rings. The second kappa shape index (κ2) is 7.65. The molecule has 0 spiro atoms. The zero-order valence-corrected chi connectivity index (χ0v) is 10.7. The summed E-state index contributed by atoms with van der Waals surface area (Å²) in [4.78, 5) is 35.4. The van der Waals surface area contributed by atoms with Crippen LogP contribution in [0.5, 0.6) is 0 Å². The van der Waals surface area contributed by atoms with Gasteiger partial charge in [0, 0.05) is 18.7 Å². The van der Waals surface area contributed by atoms with Crippen molar-refractivity contribution in [2.75, 3.05) is 19.7 Å². The third-order valence-corrected chi connectivity index (χ3v) is 2.81. The molecule has 0 aromatic heterocycles. The number of rotatable bonds is 8. The van der Waals surface area contributed by atoms with Gasteiger partial charge in [-0.25, -0.2) is 0 Å². The molecule has 0 aromatic rings. The van der Waals surface area contributed by atoms with Crippen molar-refractivity contribution in [3.8, 4) is 0 Å². The summed E-state index contributed by atoms with van der Waals surface area (Å²) in [6.07, 6.45) is 4.70. The van der Waals surface area contributed by atoms with Gasteiger partial charge in [0.05, 0.1) is 6.61 Å². The fourth-order valence-corrected chi connectivity index (χ4v) is 1.78. The topological polar surface area (TPSA) is 113 Å². The van der Waals surface area contributed by atoms with Crippen LogP contribution in [0.2, 0.25) is 0 Å². The first kappa shape index (κ1) is 15.3. The highest BCUT2D eigenvalue weighted by molar-refractivity contribution is 6.15. The molecule has 0 unspecified atom stereocenters. The van der Waals surface area contributed by atoms with E-state index in [4.69, 9.17) is 5.73 Å². The van der Waals surface area contributed by atoms with Crippen LogP contribution in [0.25, 0.3) is 0 Å². The second-order valence-corrected chi connectivity index (χ2v) is 4.22. The van der Waals surface area contributed by atoms with Gasteiger partial charge in [-0.15, -0.1) is 0 Å². The summed E-state index contributed by atoms with van der Waals surface area (Å²) in [5, 5.41) is 11.8. The van der Waals surface area contributed by atoms with Crippen LogP contribution in [-0.4, -0.2) is 53.5 Å². The maximum atomic E-state index is 11.8. The van der Waals surface area contributed by atoms with E-state index >= 15 is 0 Å². The lowest BCUT2D eigenvalue weighted by Gasteiger charge is -2.23. The number of aliphatic hydroxyl groups excluding tert-OH is 1. The number of nitrogens with zero attached hydrogens (tertiary/aromatic N) is 1. The Kier molecular flexibility index (Phi) is 6.17. The summed E-state index contributed by atoms with van der Waals surface area (Å²) in [6.45, 7) is 0.447. The third kappa shape index (κ3) is 4.15. The molecule has 1 aliphatic heterocycles. The van der Waals surface area contributed by atoms with Crippen molar-refractivity contribution in [3.63, 3.8) is 0 Å². The van der Waals surface area contributed by atoms with Crippen molar-refractivity contribution < 1.29 is 19.5 Å². The first-order valence-electron chi connectivity index (χ1n) is 6.25. The number of imide groups is 1. The van der Waals surface area contributed by atoms with Gasteiger partial charge < -0.3 is 16.2 Å². The van der Waals surface area contributed by atoms with Crippen LogP contribution in [0.15, 0.2) is 12.2 Å². The zero-order chi connectivity index (χ0) is 14.3. The molecule has 1 heterocycles. The van der Waals surface area contributed by atoms with Crippen molar-refractivity contribution in [1.29, 1.82) is 0 Å². The summed E-state index contributed by atoms with van der Waals surface area (Å²) < 4.78 is 0. The average Bonchev–Trinajstić information content (AvgIpc) is 2.71. The fraction of sp³-hybridized carbons (Fsp3) is 0.583. The van der Waals surface area contributed by atoms with Crippen molar-refractivity contribution in [2.24, 2.45) is 5.73 Å². The van der Waals surface area contributed by atoms with Gasteiger partial charge in [0.2, 0.25) is 5.91 Å². The Morgan fingerprint density at radius 3 is 2.42 bits per heavy atom. The zero-order valence-electron chi connectivity index (χ0n) is 10.7. The minimum atomic E-state index is -1.16. The molecule has 3 amide bonds. The Labute approximate surface area is 111 Å². The van der Waals surface area contributed by atoms with Gasteiger partial charge >= 0.3 is 0 Å². The standard InChI is InChI=1S/C12H19N3O4/c13-6-2-1-3-7-14-12(19)9(8-16)15-10(17)4-5-11(15)18/h4-5,9,16H,1-3,6-8,13H2,(H,14,19)/t9-/m0/s1. The first-order valence-corrected chi connectivity index (χ1v) is 6.25. The maximum absolute atomic E-state index is 11.8. The van der Waals surface area contributed by atoms with Crippen molar-refractivity contribution >= 4 is 17.7 Å². The average molecular weight is 269 g/mol. The molecule has 0 saturated carbocycles. The number of carbonyl (C=O) groups is 3. The van der Waals surface area contributed by atoms with Crippen LogP contribution < -0.4 is 11.1 Å². The van der Waals surface area contributed by atoms with Gasteiger partial charge in [-0.1, -0.05) is 6.42 Å². The Morgan fingerprint density at radius 1 is 1.26 bits per heavy atom. The number of aliphatic hydroxyl groups is 1. The van der Waals surface area contributed by atoms with E-state index in [0.717, 1.165) is 36.3 Å². The van der Waals surface area contributed by atoms with Gasteiger partial charge in [0.15, 0.2) is 0 Å². The molecule has 1 rings (SSSR count). The molecule has 19 heavy (non-hydrogen) atoms. The molecular formula is C12H19N3O4. The maximum Gasteiger partial charge on any atom is 0.254 e. The Morgan fingerprint density at radius 2 is 1.89 bits per heavy atom. The number of hydrogen-bond acceptors (Lipinski definition) is 5. The molecule has 7 heteroatoms. The highest BCUT2D eigenvalue weighted by Crippen LogP contribution is 2.09. The molecule has 7 nitrogen and oxygen atoms in total. The predicted octanol–water partition coefficient (Wildman–Crippen LogP) is -1.48. The van der Waals surface area contributed by atoms with E-state index in [1.165, 1.54) is 0 Å². The fourth-order valence-electron chi connectivity index (χ4n) is 1.78. The molecule has 0 saturated heterocycles. The number of amides is 3. The molecule has 0 aromatic carbocycles. The summed E-state index contributed by atoms with van der Waals surface area (Å²) >= 11 is 0. The highest BCUT2D eigenvalue weighted by Gasteiger charge is 2.35. The summed E-state index contributed by atoms with van der Waals surface area (Å²) in [7, 11) is 0. The minimum absolute atomic E-state index is 0.430. The summed E-state index contributed by atoms with van der Waals surface area (Å²) in [5.74, 6) is -1.69. The molecular weight excluding hydrogens is 250 g/mol. The largest absolute Gasteiger partial charge is 0.394 e. The van der Waals surface area contributed by atoms with E-state index in [-0.39, 0.29) is 0 Å². The van der Waals surface area contributed by atoms with Crippen molar-refractivity contribution in [3.05, 3.63) is 12.2 Å². The van der Waals surface area contributed by atoms with Crippen molar-refractivity contribution in [1.82, 2.24) is 10.2 Å². The van der Waals surface area contributed by atoms with Gasteiger partial charge in [-0.3, -0.25) is 19.3 Å². The second-order valence-electron chi connectivity index (χ2n) is 4.22. The molecule has 4 N–H and O–H groups in total. The van der Waals surface area contributed by atoms with Crippen LogP contribution in [0, 0.1) is 0 Å². The van der Waals surface area contributed by atoms with Crippen LogP contribution >= 0.6 is 0 Å². The number of hydrogen-bond donors (Lipinski definition) is 3. The SMILES string of the molecule is NCCCCCNC(=O)[C@H](CO)N1C(=O)C=CC1=O. The number of unbranched alkanes of at least 4 members (excludes halogenated alkanes) is 2. The summed E-state index contributed by atoms with van der Waals surface area (Å²) in [6, 6.07) is -1.16. The Balaban J connectivity index is 2.44. The van der Waals surface area contributed by atoms with Gasteiger partial charge in [-0.05, 0) is 19.4 Å². The van der Waals surface area contributed by atoms with E-state index in [0.29, 0.717) is 13.1 Å². The number of carbonyl (C=O) groups excluding carboxylic acids is 3. The van der Waals surface area contributed by atoms with E-state index in [1.807, 2.05) is 0 Å². The monoisotopic (exact) mass is 269 g/mol. The van der Waals surface area contributed by atoms with Gasteiger partial charge in [0.25, 0.3) is 11.8 Å². The molecule has 0 bridgehead atoms. The Hall–Kier alpha value is -1.73. The van der Waals surface area contributed by atoms with Gasteiger partial charge in [0.1, 0.15) is 6.04 Å². The Bertz CT molecular complexity index is 363. The molecule has 1 aliphatic rings. The number of nitrogens with one attached hydrogen (secondary N) is 1. The minimum Gasteiger partial charge on any atom is -0.394 e. The van der Waals surface area contributed by atoms with E-state index in [1.54, 1.807) is 0 Å². The lowest BCUT2D eigenvalue weighted by Crippen LogP contribution is -2.51. The van der Waals surface area contributed by atoms with E-state index in [9.17, 15) is 19.5 Å². The lowest BCUT2D eigenvalue weighted by molar-refractivity contribution is -0.146. The van der Waals surface area contributed by atoms with Crippen LogP contribution in [0.4, 0.5) is 0 Å². The van der Waals surface area contributed by atoms with Gasteiger partial charge in [-0.2, -0.15) is 0 Å². The highest BCUT2D eigenvalue weighted by atomic mass is 16.3. The first-order chi connectivity index (χ1) is 9.11. The van der Waals surface area contributed by atoms with Crippen molar-refractivity contribution in [2.45, 2.75) is 25.3 Å². The van der Waals surface area contributed by atoms with E-state index < -0.39 is 30.4 Å². The van der Waals surface area contributed by atoms with E-state index in [2.05, 4.69) is 5.32 Å². The predicted molar refractivity (Wildman–Crippen MR) is 67.8 cm³/mol. The smallest absolute Gasteiger partial charge is 0.254 e. The normalized spacial score (nSPS) is 16.0. The molecule has 106 valence electrons. The lowest BCUT2D eigenvalue weighted by atomic mass is 10.2. The molecule has 0 aliphatic carbocycles. The quantitative estimate of drug-likeness (QED) is 0.367. The third-order valence-electron chi connectivity index (χ3n) is 2.81. The van der Waals surface area contributed by atoms with Crippen LogP contribution in [-0.2, 0) is 14.4 Å². The number of nitrogens with two attached hydrogens (primary N) is 1.